The third-order valence-electron chi connectivity index (χ3n) is 10.5. The zero-order chi connectivity index (χ0) is 36.4. The topological polar surface area (TPSA) is 14.2 Å². The number of pyridine rings is 2. The first-order valence-electron chi connectivity index (χ1n) is 17.2. The van der Waals surface area contributed by atoms with Crippen molar-refractivity contribution in [1.82, 2.24) is 0 Å². The molecule has 4 aliphatic rings. The third kappa shape index (κ3) is 5.52. The summed E-state index contributed by atoms with van der Waals surface area (Å²) < 4.78 is 4.71. The van der Waals surface area contributed by atoms with Gasteiger partial charge in [0.15, 0.2) is 12.4 Å². The van der Waals surface area contributed by atoms with Crippen molar-refractivity contribution in [3.05, 3.63) is 189 Å². The van der Waals surface area contributed by atoms with Gasteiger partial charge in [-0.3, -0.25) is 0 Å². The lowest BCUT2D eigenvalue weighted by molar-refractivity contribution is -0.950. The van der Waals surface area contributed by atoms with E-state index in [1.807, 2.05) is 60.7 Å². The molecule has 0 radical (unpaired) electrons. The molecule has 4 aliphatic carbocycles. The molecule has 2 heterocycles. The standard InChI is InChI=1S/C45H32Cl4N4/c1-50(37-17-11-33(46)12-18-37)41-23-25-52(43-27-35(48)15-21-39(41)43)45(31-7-3-29(4-8-31)30-5-9-32(45)10-6-30)53-26-24-42(40-22-16-36(49)28-44(40)53)51(2)38-19-13-34(47)14-20-38/h3-28H,1-2H3/q+2. The Morgan fingerprint density at radius 3 is 1.15 bits per heavy atom. The molecule has 0 saturated heterocycles. The highest BCUT2D eigenvalue weighted by atomic mass is 35.5. The zero-order valence-electron chi connectivity index (χ0n) is 28.8. The zero-order valence-corrected chi connectivity index (χ0v) is 31.8. The number of nitrogens with zero attached hydrogens (tertiary/aromatic N) is 4. The number of aromatic nitrogens is 2. The van der Waals surface area contributed by atoms with Crippen LogP contribution in [0.25, 0.3) is 32.9 Å². The van der Waals surface area contributed by atoms with Gasteiger partial charge in [-0.25, -0.2) is 0 Å². The Hall–Kier alpha value is -5.10. The maximum absolute atomic E-state index is 6.91. The molecule has 258 valence electrons. The lowest BCUT2D eigenvalue weighted by Crippen LogP contribution is -2.74. The largest absolute Gasteiger partial charge is 0.415 e. The number of anilines is 4. The Labute approximate surface area is 328 Å². The molecule has 0 fully saturated rings. The van der Waals surface area contributed by atoms with E-state index < -0.39 is 5.66 Å². The average molecular weight is 771 g/mol. The molecule has 53 heavy (non-hydrogen) atoms. The predicted octanol–water partition coefficient (Wildman–Crippen LogP) is 12.0. The third-order valence-corrected chi connectivity index (χ3v) is 11.5. The molecule has 2 aromatic heterocycles. The van der Waals surface area contributed by atoms with Gasteiger partial charge in [0.05, 0.1) is 22.1 Å². The Balaban J connectivity index is 1.39. The SMILES string of the molecule is CN(c1ccc(Cl)cc1)c1cc[n+](C2([n+]3ccc(N(C)c4ccc(Cl)cc4)c4ccc(Cl)cc43)c3ccc(cc3)-c3ccc2cc3)c2cc(Cl)ccc12. The van der Waals surface area contributed by atoms with Crippen LogP contribution in [0.15, 0.2) is 158 Å². The van der Waals surface area contributed by atoms with Gasteiger partial charge in [-0.1, -0.05) is 70.7 Å². The van der Waals surface area contributed by atoms with E-state index in [1.165, 1.54) is 0 Å². The molecule has 0 aliphatic heterocycles. The van der Waals surface area contributed by atoms with Gasteiger partial charge in [-0.05, 0) is 108 Å². The van der Waals surface area contributed by atoms with Crippen molar-refractivity contribution in [2.24, 2.45) is 0 Å². The molecule has 0 saturated carbocycles. The smallest absolute Gasteiger partial charge is 0.344 e. The van der Waals surface area contributed by atoms with Crippen LogP contribution in [0, 0.1) is 0 Å². The average Bonchev–Trinajstić information content (AvgIpc) is 3.34. The summed E-state index contributed by atoms with van der Waals surface area (Å²) >= 11 is 26.4. The van der Waals surface area contributed by atoms with Crippen LogP contribution in [0.5, 0.6) is 0 Å². The van der Waals surface area contributed by atoms with Crippen LogP contribution < -0.4 is 18.9 Å². The molecule has 6 aromatic carbocycles. The molecular weight excluding hydrogens is 738 g/mol. The summed E-state index contributed by atoms with van der Waals surface area (Å²) in [7, 11) is 4.15. The highest BCUT2D eigenvalue weighted by Gasteiger charge is 2.56. The second-order valence-corrected chi connectivity index (χ2v) is 15.1. The fraction of sp³-hybridized carbons (Fsp3) is 0.0667. The van der Waals surface area contributed by atoms with Crippen molar-refractivity contribution in [3.63, 3.8) is 0 Å². The van der Waals surface area contributed by atoms with Gasteiger partial charge in [0.1, 0.15) is 11.1 Å². The summed E-state index contributed by atoms with van der Waals surface area (Å²) in [5, 5.41) is 4.73. The van der Waals surface area contributed by atoms with E-state index in [9.17, 15) is 0 Å². The van der Waals surface area contributed by atoms with Crippen LogP contribution in [-0.2, 0) is 5.66 Å². The summed E-state index contributed by atoms with van der Waals surface area (Å²) in [4.78, 5) is 4.36. The normalized spacial score (nSPS) is 12.9. The van der Waals surface area contributed by atoms with E-state index in [4.69, 9.17) is 46.4 Å². The van der Waals surface area contributed by atoms with Crippen LogP contribution in [0.3, 0.4) is 0 Å². The van der Waals surface area contributed by atoms with Crippen molar-refractivity contribution < 1.29 is 9.13 Å². The van der Waals surface area contributed by atoms with Crippen molar-refractivity contribution in [3.8, 4) is 11.1 Å². The summed E-state index contributed by atoms with van der Waals surface area (Å²) in [5.41, 5.74) is 9.51. The fourth-order valence-electron chi connectivity index (χ4n) is 7.86. The molecule has 8 aromatic rings. The van der Waals surface area contributed by atoms with Crippen LogP contribution in [-0.4, -0.2) is 14.1 Å². The molecule has 4 bridgehead atoms. The van der Waals surface area contributed by atoms with E-state index in [2.05, 4.69) is 130 Å². The first-order chi connectivity index (χ1) is 25.7. The summed E-state index contributed by atoms with van der Waals surface area (Å²) in [6.07, 6.45) is 4.36. The fourth-order valence-corrected chi connectivity index (χ4v) is 8.44. The molecule has 4 nitrogen and oxygen atoms in total. The summed E-state index contributed by atoms with van der Waals surface area (Å²) in [6, 6.07) is 50.2. The second kappa shape index (κ2) is 13.1. The number of hydrogen-bond acceptors (Lipinski definition) is 2. The number of fused-ring (bicyclic) bond motifs is 2. The van der Waals surface area contributed by atoms with Gasteiger partial charge in [0, 0.05) is 69.8 Å². The van der Waals surface area contributed by atoms with Crippen molar-refractivity contribution in [1.29, 1.82) is 0 Å². The van der Waals surface area contributed by atoms with E-state index in [0.29, 0.717) is 20.1 Å². The minimum Gasteiger partial charge on any atom is -0.344 e. The Kier molecular flexibility index (Phi) is 8.32. The van der Waals surface area contributed by atoms with Gasteiger partial charge in [-0.15, -0.1) is 9.13 Å². The number of benzene rings is 6. The molecule has 0 unspecified atom stereocenters. The molecule has 0 spiro atoms. The molecule has 0 N–H and O–H groups in total. The lowest BCUT2D eigenvalue weighted by Gasteiger charge is -2.28. The van der Waals surface area contributed by atoms with Crippen molar-refractivity contribution in [2.75, 3.05) is 23.9 Å². The number of rotatable bonds is 6. The van der Waals surface area contributed by atoms with Gasteiger partial charge in [0.2, 0.25) is 11.0 Å². The van der Waals surface area contributed by atoms with Crippen molar-refractivity contribution >= 4 is 91.0 Å². The molecule has 12 rings (SSSR count). The first kappa shape index (κ1) is 33.7. The Morgan fingerprint density at radius 2 is 0.774 bits per heavy atom. The maximum atomic E-state index is 6.91. The minimum atomic E-state index is -0.942. The molecule has 0 atom stereocenters. The second-order valence-electron chi connectivity index (χ2n) is 13.4. The Morgan fingerprint density at radius 1 is 0.415 bits per heavy atom. The van der Waals surface area contributed by atoms with Crippen molar-refractivity contribution in [2.45, 2.75) is 5.66 Å². The van der Waals surface area contributed by atoms with Crippen LogP contribution in [0.1, 0.15) is 11.1 Å². The number of halogens is 4. The maximum Gasteiger partial charge on any atom is 0.415 e. The molecule has 0 amide bonds. The quantitative estimate of drug-likeness (QED) is 0.156. The predicted molar refractivity (Wildman–Crippen MR) is 221 cm³/mol. The first-order valence-corrected chi connectivity index (χ1v) is 18.7. The summed E-state index contributed by atoms with van der Waals surface area (Å²) in [6.45, 7) is 0. The molecular formula is C45H32Cl4N4+2. The van der Waals surface area contributed by atoms with Crippen LogP contribution >= 0.6 is 46.4 Å². The van der Waals surface area contributed by atoms with Crippen LogP contribution in [0.2, 0.25) is 20.1 Å². The highest BCUT2D eigenvalue weighted by molar-refractivity contribution is 6.32. The van der Waals surface area contributed by atoms with Gasteiger partial charge in [0.25, 0.3) is 0 Å². The van der Waals surface area contributed by atoms with E-state index in [0.717, 1.165) is 66.8 Å². The van der Waals surface area contributed by atoms with E-state index in [-0.39, 0.29) is 0 Å². The van der Waals surface area contributed by atoms with E-state index in [1.54, 1.807) is 0 Å². The number of hydrogen-bond donors (Lipinski definition) is 0. The minimum absolute atomic E-state index is 0.638. The van der Waals surface area contributed by atoms with Crippen LogP contribution in [0.4, 0.5) is 22.7 Å². The monoisotopic (exact) mass is 768 g/mol. The van der Waals surface area contributed by atoms with E-state index >= 15 is 0 Å². The molecule has 8 heteroatoms. The van der Waals surface area contributed by atoms with Gasteiger partial charge >= 0.3 is 5.66 Å². The van der Waals surface area contributed by atoms with Gasteiger partial charge in [-0.2, -0.15) is 0 Å². The van der Waals surface area contributed by atoms with Gasteiger partial charge < -0.3 is 9.80 Å². The summed E-state index contributed by atoms with van der Waals surface area (Å²) in [5.74, 6) is 0. The Bertz CT molecular complexity index is 2490. The highest BCUT2D eigenvalue weighted by Crippen LogP contribution is 2.39. The lowest BCUT2D eigenvalue weighted by atomic mass is 9.89.